The third-order valence-electron chi connectivity index (χ3n) is 5.98. The van der Waals surface area contributed by atoms with Gasteiger partial charge in [-0.15, -0.1) is 0 Å². The fourth-order valence-electron chi connectivity index (χ4n) is 4.45. The topological polar surface area (TPSA) is 105 Å². The number of fused-ring (bicyclic) bond motifs is 3. The van der Waals surface area contributed by atoms with Crippen LogP contribution in [0.5, 0.6) is 0 Å². The van der Waals surface area contributed by atoms with E-state index in [9.17, 15) is 19.5 Å². The Kier molecular flexibility index (Phi) is 8.31. The van der Waals surface area contributed by atoms with Crippen molar-refractivity contribution in [2.24, 2.45) is 11.8 Å². The lowest BCUT2D eigenvalue weighted by molar-refractivity contribution is -0.142. The molecule has 0 aromatic heterocycles. The summed E-state index contributed by atoms with van der Waals surface area (Å²) in [6, 6.07) is 14.2. The van der Waals surface area contributed by atoms with Crippen LogP contribution in [-0.4, -0.2) is 41.8 Å². The van der Waals surface area contributed by atoms with Gasteiger partial charge in [-0.3, -0.25) is 4.79 Å². The van der Waals surface area contributed by atoms with Crippen molar-refractivity contribution in [2.45, 2.75) is 58.5 Å². The SMILES string of the molecule is CC(C)C[C@H](NC(=O)OCC1c2ccccc2-c2ccccc21)C(=O)N[C@H](CC(C)C)C(=O)O. The second-order valence-corrected chi connectivity index (χ2v) is 9.68. The predicted molar refractivity (Wildman–Crippen MR) is 130 cm³/mol. The first-order valence-corrected chi connectivity index (χ1v) is 11.8. The Labute approximate surface area is 200 Å². The fraction of sp³-hybridized carbons (Fsp3) is 0.444. The molecule has 0 bridgehead atoms. The molecule has 34 heavy (non-hydrogen) atoms. The Hall–Kier alpha value is -3.35. The Balaban J connectivity index is 1.66. The molecule has 0 aliphatic heterocycles. The summed E-state index contributed by atoms with van der Waals surface area (Å²) in [5.74, 6) is -1.49. The number of hydrogen-bond donors (Lipinski definition) is 3. The van der Waals surface area contributed by atoms with E-state index < -0.39 is 30.1 Å². The van der Waals surface area contributed by atoms with Crippen LogP contribution < -0.4 is 10.6 Å². The van der Waals surface area contributed by atoms with Crippen molar-refractivity contribution in [1.82, 2.24) is 10.6 Å². The molecule has 7 heteroatoms. The van der Waals surface area contributed by atoms with Gasteiger partial charge in [-0.05, 0) is 46.9 Å². The fourth-order valence-corrected chi connectivity index (χ4v) is 4.45. The number of aliphatic carboxylic acids is 1. The highest BCUT2D eigenvalue weighted by Crippen LogP contribution is 2.44. The molecule has 0 heterocycles. The molecule has 1 aliphatic carbocycles. The summed E-state index contributed by atoms with van der Waals surface area (Å²) in [4.78, 5) is 37.1. The molecule has 0 saturated heterocycles. The number of alkyl carbamates (subject to hydrolysis) is 1. The van der Waals surface area contributed by atoms with E-state index in [4.69, 9.17) is 4.74 Å². The minimum atomic E-state index is -1.09. The van der Waals surface area contributed by atoms with Crippen LogP contribution in [-0.2, 0) is 14.3 Å². The van der Waals surface area contributed by atoms with Gasteiger partial charge in [0.25, 0.3) is 0 Å². The van der Waals surface area contributed by atoms with E-state index in [1.165, 1.54) is 0 Å². The van der Waals surface area contributed by atoms with Gasteiger partial charge in [0.1, 0.15) is 18.7 Å². The number of amides is 2. The lowest BCUT2D eigenvalue weighted by atomic mass is 9.98. The first-order chi connectivity index (χ1) is 16.2. The van der Waals surface area contributed by atoms with Crippen LogP contribution in [0, 0.1) is 11.8 Å². The number of carboxylic acids is 1. The Morgan fingerprint density at radius 2 is 1.32 bits per heavy atom. The second-order valence-electron chi connectivity index (χ2n) is 9.68. The molecule has 1 aliphatic rings. The molecule has 3 N–H and O–H groups in total. The minimum absolute atomic E-state index is 0.0852. The molecule has 3 rings (SSSR count). The maximum absolute atomic E-state index is 12.9. The smallest absolute Gasteiger partial charge is 0.407 e. The first-order valence-electron chi connectivity index (χ1n) is 11.8. The molecule has 0 unspecified atom stereocenters. The highest BCUT2D eigenvalue weighted by Gasteiger charge is 2.31. The van der Waals surface area contributed by atoms with Gasteiger partial charge >= 0.3 is 12.1 Å². The van der Waals surface area contributed by atoms with E-state index in [2.05, 4.69) is 22.8 Å². The van der Waals surface area contributed by atoms with Crippen LogP contribution >= 0.6 is 0 Å². The zero-order chi connectivity index (χ0) is 24.8. The molecule has 0 fully saturated rings. The molecule has 2 aromatic carbocycles. The molecule has 0 saturated carbocycles. The normalized spacial score (nSPS) is 14.3. The summed E-state index contributed by atoms with van der Waals surface area (Å²) >= 11 is 0. The average molecular weight is 467 g/mol. The molecule has 2 aromatic rings. The largest absolute Gasteiger partial charge is 0.480 e. The summed E-state index contributed by atoms with van der Waals surface area (Å²) in [6.07, 6.45) is -0.0248. The Morgan fingerprint density at radius 1 is 0.824 bits per heavy atom. The predicted octanol–water partition coefficient (Wildman–Crippen LogP) is 4.56. The summed E-state index contributed by atoms with van der Waals surface area (Å²) in [7, 11) is 0. The van der Waals surface area contributed by atoms with Crippen molar-refractivity contribution in [2.75, 3.05) is 6.61 Å². The van der Waals surface area contributed by atoms with Gasteiger partial charge in [0.15, 0.2) is 0 Å². The highest BCUT2D eigenvalue weighted by molar-refractivity contribution is 5.89. The van der Waals surface area contributed by atoms with Crippen LogP contribution in [0.4, 0.5) is 4.79 Å². The summed E-state index contributed by atoms with van der Waals surface area (Å²) in [5, 5.41) is 14.7. The van der Waals surface area contributed by atoms with E-state index in [0.29, 0.717) is 12.8 Å². The van der Waals surface area contributed by atoms with Crippen LogP contribution in [0.15, 0.2) is 48.5 Å². The molecule has 7 nitrogen and oxygen atoms in total. The zero-order valence-corrected chi connectivity index (χ0v) is 20.2. The number of nitrogens with one attached hydrogen (secondary N) is 2. The summed E-state index contributed by atoms with van der Waals surface area (Å²) < 4.78 is 5.57. The van der Waals surface area contributed by atoms with Crippen molar-refractivity contribution in [1.29, 1.82) is 0 Å². The molecule has 0 spiro atoms. The van der Waals surface area contributed by atoms with Crippen LogP contribution in [0.2, 0.25) is 0 Å². The van der Waals surface area contributed by atoms with E-state index >= 15 is 0 Å². The minimum Gasteiger partial charge on any atom is -0.480 e. The van der Waals surface area contributed by atoms with Gasteiger partial charge < -0.3 is 20.5 Å². The van der Waals surface area contributed by atoms with Crippen LogP contribution in [0.1, 0.15) is 57.6 Å². The van der Waals surface area contributed by atoms with E-state index in [1.54, 1.807) is 0 Å². The van der Waals surface area contributed by atoms with Crippen molar-refractivity contribution in [3.63, 3.8) is 0 Å². The van der Waals surface area contributed by atoms with E-state index in [1.807, 2.05) is 64.1 Å². The number of benzene rings is 2. The number of carboxylic acid groups (broad SMARTS) is 1. The standard InChI is InChI=1S/C27H34N2O5/c1-16(2)13-23(25(30)28-24(26(31)32)14-17(3)4)29-27(33)34-15-22-20-11-7-5-9-18(20)19-10-6-8-12-21(19)22/h5-12,16-17,22-24H,13-15H2,1-4H3,(H,28,30)(H,29,33)(H,31,32)/t23-,24+/m0/s1. The lowest BCUT2D eigenvalue weighted by Crippen LogP contribution is -2.52. The third-order valence-corrected chi connectivity index (χ3v) is 5.98. The average Bonchev–Trinajstić information content (AvgIpc) is 3.10. The maximum atomic E-state index is 12.9. The van der Waals surface area contributed by atoms with Crippen molar-refractivity contribution in [3.8, 4) is 11.1 Å². The molecule has 2 atom stereocenters. The quantitative estimate of drug-likeness (QED) is 0.476. The first kappa shape index (κ1) is 25.3. The number of hydrogen-bond acceptors (Lipinski definition) is 4. The van der Waals surface area contributed by atoms with Crippen LogP contribution in [0.3, 0.4) is 0 Å². The molecule has 0 radical (unpaired) electrons. The number of carbonyl (C=O) groups is 3. The van der Waals surface area contributed by atoms with Gasteiger partial charge in [-0.2, -0.15) is 0 Å². The Bertz CT molecular complexity index is 988. The number of ether oxygens (including phenoxy) is 1. The molecule has 2 amide bonds. The van der Waals surface area contributed by atoms with Gasteiger partial charge in [-0.25, -0.2) is 9.59 Å². The summed E-state index contributed by atoms with van der Waals surface area (Å²) in [6.45, 7) is 7.79. The van der Waals surface area contributed by atoms with Gasteiger partial charge in [-0.1, -0.05) is 76.2 Å². The van der Waals surface area contributed by atoms with Crippen molar-refractivity contribution in [3.05, 3.63) is 59.7 Å². The Morgan fingerprint density at radius 3 is 1.82 bits per heavy atom. The van der Waals surface area contributed by atoms with Crippen molar-refractivity contribution >= 4 is 18.0 Å². The van der Waals surface area contributed by atoms with E-state index in [0.717, 1.165) is 22.3 Å². The van der Waals surface area contributed by atoms with Gasteiger partial charge in [0.05, 0.1) is 0 Å². The van der Waals surface area contributed by atoms with E-state index in [-0.39, 0.29) is 24.4 Å². The van der Waals surface area contributed by atoms with Gasteiger partial charge in [0, 0.05) is 5.92 Å². The maximum Gasteiger partial charge on any atom is 0.407 e. The monoisotopic (exact) mass is 466 g/mol. The molecular formula is C27H34N2O5. The van der Waals surface area contributed by atoms with Crippen LogP contribution in [0.25, 0.3) is 11.1 Å². The molecular weight excluding hydrogens is 432 g/mol. The van der Waals surface area contributed by atoms with Gasteiger partial charge in [0.2, 0.25) is 5.91 Å². The highest BCUT2D eigenvalue weighted by atomic mass is 16.5. The van der Waals surface area contributed by atoms with Crippen molar-refractivity contribution < 1.29 is 24.2 Å². The number of carbonyl (C=O) groups excluding carboxylic acids is 2. The third kappa shape index (κ3) is 6.16. The zero-order valence-electron chi connectivity index (χ0n) is 20.2. The molecule has 182 valence electrons. The number of rotatable bonds is 10. The lowest BCUT2D eigenvalue weighted by Gasteiger charge is -2.23. The summed E-state index contributed by atoms with van der Waals surface area (Å²) in [5.41, 5.74) is 4.47. The second kappa shape index (κ2) is 11.2.